The number of hydrogen-bond acceptors (Lipinski definition) is 5. The van der Waals surface area contributed by atoms with Crippen LogP contribution in [0.15, 0.2) is 0 Å². The second-order valence-corrected chi connectivity index (χ2v) is 12.5. The summed E-state index contributed by atoms with van der Waals surface area (Å²) in [5.41, 5.74) is 0. The molecule has 0 rings (SSSR count). The van der Waals surface area contributed by atoms with E-state index in [-0.39, 0.29) is 72.0 Å². The van der Waals surface area contributed by atoms with E-state index in [1.165, 1.54) is 25.7 Å². The van der Waals surface area contributed by atoms with Crippen LogP contribution < -0.4 is 0 Å². The third kappa shape index (κ3) is 15.7. The minimum atomic E-state index is -5.34. The van der Waals surface area contributed by atoms with Crippen molar-refractivity contribution < 1.29 is 30.7 Å². The first-order valence-corrected chi connectivity index (χ1v) is 15.4. The number of hydrogen-bond donors (Lipinski definition) is 2. The second-order valence-electron chi connectivity index (χ2n) is 8.93. The number of rotatable bonds is 22. The summed E-state index contributed by atoms with van der Waals surface area (Å²) in [4.78, 5) is 12.7. The maximum absolute atomic E-state index is 12.7. The van der Waals surface area contributed by atoms with Crippen LogP contribution in [0.3, 0.4) is 0 Å². The molecule has 0 aliphatic carbocycles. The van der Waals surface area contributed by atoms with Crippen molar-refractivity contribution in [2.24, 2.45) is 0 Å². The van der Waals surface area contributed by atoms with Gasteiger partial charge in [0.15, 0.2) is 5.78 Å². The van der Waals surface area contributed by atoms with Crippen molar-refractivity contribution in [2.75, 3.05) is 0 Å². The number of carbonyl (C=O) groups is 1. The zero-order valence-corrected chi connectivity index (χ0v) is 21.8. The van der Waals surface area contributed by atoms with Crippen molar-refractivity contribution in [1.29, 1.82) is 0 Å². The molecule has 2 N–H and O–H groups in total. The van der Waals surface area contributed by atoms with Gasteiger partial charge < -0.3 is 0 Å². The molecular weight excluding hydrogens is 498 g/mol. The van der Waals surface area contributed by atoms with Crippen LogP contribution in [0.5, 0.6) is 0 Å². The van der Waals surface area contributed by atoms with Crippen LogP contribution in [-0.4, -0.2) is 94.9 Å². The van der Waals surface area contributed by atoms with Crippen LogP contribution in [0.1, 0.15) is 136 Å². The average Bonchev–Trinajstić information content (AvgIpc) is 2.69. The molecule has 0 aromatic rings. The van der Waals surface area contributed by atoms with E-state index in [0.29, 0.717) is 19.3 Å². The molecule has 7 nitrogen and oxygen atoms in total. The molecule has 0 radical (unpaired) electrons. The maximum atomic E-state index is 12.7. The van der Waals surface area contributed by atoms with Crippen molar-refractivity contribution >= 4 is 85.1 Å². The number of Topliss-reactive ketones (excluding diaryl/α,β-unsaturated/α-hetero) is 1. The Morgan fingerprint density at radius 1 is 0.559 bits per heavy atom. The molecule has 0 unspecified atom stereocenters. The average molecular weight is 547 g/mol. The fourth-order valence-electron chi connectivity index (χ4n) is 4.10. The minimum absolute atomic E-state index is 0. The Kier molecular flexibility index (Phi) is 26.4. The molecule has 0 atom stereocenters. The molecule has 0 spiro atoms. The Hall–Kier alpha value is 1.49. The van der Waals surface area contributed by atoms with Crippen LogP contribution in [0.4, 0.5) is 0 Å². The van der Waals surface area contributed by atoms with Gasteiger partial charge in [-0.2, -0.15) is 16.8 Å². The molecule has 0 amide bonds. The van der Waals surface area contributed by atoms with Crippen molar-refractivity contribution in [3.63, 3.8) is 0 Å². The van der Waals surface area contributed by atoms with Crippen molar-refractivity contribution in [2.45, 2.75) is 140 Å². The Balaban J connectivity index is -0.00000480. The number of ketones is 1. The monoisotopic (exact) mass is 546 g/mol. The molecule has 0 aromatic heterocycles. The van der Waals surface area contributed by atoms with E-state index in [4.69, 9.17) is 0 Å². The van der Waals surface area contributed by atoms with Gasteiger partial charge in [0.05, 0.1) is 0 Å². The van der Waals surface area contributed by atoms with Gasteiger partial charge in [-0.05, 0) is 12.8 Å². The van der Waals surface area contributed by atoms with Gasteiger partial charge in [0, 0.05) is 6.42 Å². The quantitative estimate of drug-likeness (QED) is 0.109. The molecule has 0 fully saturated rings. The molecule has 0 saturated heterocycles. The molecule has 0 aromatic carbocycles. The number of unbranched alkanes of at least 4 members (excludes halogenated alkanes) is 15. The van der Waals surface area contributed by atoms with Gasteiger partial charge in [-0.15, -0.1) is 0 Å². The molecule has 0 heterocycles. The summed E-state index contributed by atoms with van der Waals surface area (Å²) < 4.78 is 64.4. The third-order valence-corrected chi connectivity index (χ3v) is 9.92. The van der Waals surface area contributed by atoms with Gasteiger partial charge in [0.1, 0.15) is 0 Å². The van der Waals surface area contributed by atoms with E-state index in [9.17, 15) is 30.7 Å². The Bertz CT molecular complexity index is 679. The van der Waals surface area contributed by atoms with Gasteiger partial charge in [-0.3, -0.25) is 13.9 Å². The van der Waals surface area contributed by atoms with Gasteiger partial charge >= 0.3 is 59.1 Å². The summed E-state index contributed by atoms with van der Waals surface area (Å²) in [5.74, 6) is -1.13. The van der Waals surface area contributed by atoms with Crippen molar-refractivity contribution in [3.8, 4) is 0 Å². The summed E-state index contributed by atoms with van der Waals surface area (Å²) in [5, 5.41) is 0. The molecule has 11 heteroatoms. The molecule has 0 aliphatic heterocycles. The van der Waals surface area contributed by atoms with Crippen molar-refractivity contribution in [3.05, 3.63) is 0 Å². The van der Waals surface area contributed by atoms with E-state index in [1.54, 1.807) is 0 Å². The van der Waals surface area contributed by atoms with Crippen LogP contribution in [0.25, 0.3) is 0 Å². The van der Waals surface area contributed by atoms with Crippen molar-refractivity contribution in [1.82, 2.24) is 0 Å². The summed E-state index contributed by atoms with van der Waals surface area (Å²) in [6.45, 7) is 4.28. The van der Waals surface area contributed by atoms with E-state index in [1.807, 2.05) is 0 Å². The molecule has 0 aliphatic rings. The van der Waals surface area contributed by atoms with E-state index < -0.39 is 36.5 Å². The Morgan fingerprint density at radius 2 is 0.853 bits per heavy atom. The number of carbonyl (C=O) groups excluding carboxylic acids is 1. The molecule has 0 bridgehead atoms. The predicted molar refractivity (Wildman–Crippen MR) is 144 cm³/mol. The normalized spacial score (nSPS) is 12.1. The summed E-state index contributed by atoms with van der Waals surface area (Å²) >= 11 is 0. The predicted octanol–water partition coefficient (Wildman–Crippen LogP) is 5.18. The first-order chi connectivity index (χ1) is 15.0. The van der Waals surface area contributed by atoms with Gasteiger partial charge in [-0.25, -0.2) is 0 Å². The van der Waals surface area contributed by atoms with Gasteiger partial charge in [0.25, 0.3) is 24.3 Å². The standard InChI is InChI=1S/C23H46O7S2.2Na.2H/c1-3-5-7-9-11-13-14-16-18-20-22(24)23(31(25,26)27,32(28,29)30)21-19-17-15-12-10-8-6-4-2;;;;/h3-21H2,1-2H3,(H,25,26,27)(H,28,29,30);;;;. The molecular formula is C23H48Na2O7S2. The van der Waals surface area contributed by atoms with Crippen LogP contribution in [0, 0.1) is 0 Å². The first kappa shape index (κ1) is 40.0. The Labute approximate surface area is 253 Å². The Morgan fingerprint density at radius 3 is 1.18 bits per heavy atom. The summed E-state index contributed by atoms with van der Waals surface area (Å²) in [7, 11) is -10.7. The molecule has 0 saturated carbocycles. The van der Waals surface area contributed by atoms with E-state index in [0.717, 1.165) is 57.8 Å². The van der Waals surface area contributed by atoms with Crippen LogP contribution in [-0.2, 0) is 25.0 Å². The fourth-order valence-corrected chi connectivity index (χ4v) is 6.75. The van der Waals surface area contributed by atoms with E-state index >= 15 is 0 Å². The first-order valence-electron chi connectivity index (χ1n) is 12.5. The van der Waals surface area contributed by atoms with E-state index in [2.05, 4.69) is 13.8 Å². The van der Waals surface area contributed by atoms with Crippen LogP contribution in [0.2, 0.25) is 0 Å². The van der Waals surface area contributed by atoms with Gasteiger partial charge in [0.2, 0.25) is 0 Å². The second kappa shape index (κ2) is 22.5. The molecule has 34 heavy (non-hydrogen) atoms. The topological polar surface area (TPSA) is 126 Å². The third-order valence-electron chi connectivity index (χ3n) is 6.13. The molecule has 196 valence electrons. The van der Waals surface area contributed by atoms with Gasteiger partial charge in [-0.1, -0.05) is 117 Å². The summed E-state index contributed by atoms with van der Waals surface area (Å²) in [6, 6.07) is 0. The SMILES string of the molecule is CCCCCCCCCCCC(=O)C(CCCCCCCCCC)(S(=O)(=O)O)S(=O)(=O)O.[NaH].[NaH]. The zero-order chi connectivity index (χ0) is 24.5. The zero-order valence-electron chi connectivity index (χ0n) is 20.2. The fraction of sp³-hybridized carbons (Fsp3) is 0.957. The summed E-state index contributed by atoms with van der Waals surface area (Å²) in [6.07, 6.45) is 14.7. The van der Waals surface area contributed by atoms with Crippen LogP contribution >= 0.6 is 0 Å².